The van der Waals surface area contributed by atoms with E-state index in [1.165, 1.54) is 83.5 Å². The minimum Gasteiger partial charge on any atom is -0.299 e. The SMILES string of the molecule is O=C(C1CCCCC1)C1CCC(C2CCC(Br)CC2)CC1. The maximum Gasteiger partial charge on any atom is 0.139 e. The second-order valence-electron chi connectivity index (χ2n) is 7.86. The summed E-state index contributed by atoms with van der Waals surface area (Å²) in [5.41, 5.74) is 0. The Labute approximate surface area is 138 Å². The van der Waals surface area contributed by atoms with Gasteiger partial charge in [-0.1, -0.05) is 35.2 Å². The van der Waals surface area contributed by atoms with E-state index in [2.05, 4.69) is 15.9 Å². The quantitative estimate of drug-likeness (QED) is 0.577. The van der Waals surface area contributed by atoms with Crippen LogP contribution in [-0.2, 0) is 4.79 Å². The highest BCUT2D eigenvalue weighted by Gasteiger charge is 2.34. The van der Waals surface area contributed by atoms with Crippen molar-refractivity contribution in [3.8, 4) is 0 Å². The molecule has 0 spiro atoms. The normalized spacial score (nSPS) is 39.1. The Kier molecular flexibility index (Phi) is 5.81. The summed E-state index contributed by atoms with van der Waals surface area (Å²) in [4.78, 5) is 13.4. The van der Waals surface area contributed by atoms with Crippen molar-refractivity contribution in [1.82, 2.24) is 0 Å². The fourth-order valence-corrected chi connectivity index (χ4v) is 5.67. The van der Waals surface area contributed by atoms with E-state index >= 15 is 0 Å². The van der Waals surface area contributed by atoms with Crippen molar-refractivity contribution in [3.05, 3.63) is 0 Å². The fourth-order valence-electron chi connectivity index (χ4n) is 5.15. The first-order valence-electron chi connectivity index (χ1n) is 9.42. The second kappa shape index (κ2) is 7.62. The molecule has 0 saturated heterocycles. The topological polar surface area (TPSA) is 17.1 Å². The number of alkyl halides is 1. The van der Waals surface area contributed by atoms with Crippen LogP contribution in [0.3, 0.4) is 0 Å². The van der Waals surface area contributed by atoms with Gasteiger partial charge in [0.1, 0.15) is 5.78 Å². The van der Waals surface area contributed by atoms with E-state index in [1.54, 1.807) is 0 Å². The number of hydrogen-bond acceptors (Lipinski definition) is 1. The van der Waals surface area contributed by atoms with Crippen molar-refractivity contribution in [2.24, 2.45) is 23.7 Å². The molecule has 1 nitrogen and oxygen atoms in total. The maximum atomic E-state index is 12.7. The first-order chi connectivity index (χ1) is 10.2. The zero-order chi connectivity index (χ0) is 14.7. The van der Waals surface area contributed by atoms with E-state index in [9.17, 15) is 4.79 Å². The summed E-state index contributed by atoms with van der Waals surface area (Å²) in [6.07, 6.45) is 17.0. The molecule has 0 bridgehead atoms. The molecule has 0 amide bonds. The van der Waals surface area contributed by atoms with Crippen LogP contribution in [0.15, 0.2) is 0 Å². The van der Waals surface area contributed by atoms with Gasteiger partial charge in [-0.2, -0.15) is 0 Å². The third kappa shape index (κ3) is 4.12. The van der Waals surface area contributed by atoms with Crippen LogP contribution in [-0.4, -0.2) is 10.6 Å². The molecule has 3 saturated carbocycles. The van der Waals surface area contributed by atoms with Gasteiger partial charge in [0.05, 0.1) is 0 Å². The predicted molar refractivity (Wildman–Crippen MR) is 91.7 cm³/mol. The first-order valence-corrected chi connectivity index (χ1v) is 10.3. The number of carbonyl (C=O) groups excluding carboxylic acids is 1. The molecule has 3 aliphatic carbocycles. The van der Waals surface area contributed by atoms with E-state index in [-0.39, 0.29) is 0 Å². The van der Waals surface area contributed by atoms with Crippen LogP contribution in [0.2, 0.25) is 0 Å². The summed E-state index contributed by atoms with van der Waals surface area (Å²) in [5.74, 6) is 3.41. The van der Waals surface area contributed by atoms with Gasteiger partial charge in [-0.25, -0.2) is 0 Å². The Bertz CT molecular complexity index is 331. The first kappa shape index (κ1) is 16.0. The summed E-state index contributed by atoms with van der Waals surface area (Å²) in [6, 6.07) is 0. The second-order valence-corrected chi connectivity index (χ2v) is 9.16. The molecule has 21 heavy (non-hydrogen) atoms. The molecule has 0 aromatic carbocycles. The van der Waals surface area contributed by atoms with Crippen LogP contribution in [0.25, 0.3) is 0 Å². The Morgan fingerprint density at radius 2 is 1.10 bits per heavy atom. The molecule has 0 heterocycles. The molecule has 0 aromatic heterocycles. The molecule has 0 aromatic rings. The lowest BCUT2D eigenvalue weighted by molar-refractivity contribution is -0.129. The van der Waals surface area contributed by atoms with E-state index in [4.69, 9.17) is 0 Å². The highest BCUT2D eigenvalue weighted by Crippen LogP contribution is 2.42. The molecule has 2 heteroatoms. The van der Waals surface area contributed by atoms with E-state index in [0.717, 1.165) is 16.7 Å². The van der Waals surface area contributed by atoms with Crippen molar-refractivity contribution in [1.29, 1.82) is 0 Å². The van der Waals surface area contributed by atoms with Crippen LogP contribution >= 0.6 is 15.9 Å². The van der Waals surface area contributed by atoms with Crippen molar-refractivity contribution >= 4 is 21.7 Å². The number of Topliss-reactive ketones (excluding diaryl/α,β-unsaturated/α-hetero) is 1. The molecule has 3 aliphatic rings. The molecular formula is C19H31BrO. The van der Waals surface area contributed by atoms with Crippen LogP contribution < -0.4 is 0 Å². The van der Waals surface area contributed by atoms with Gasteiger partial charge in [-0.15, -0.1) is 0 Å². The monoisotopic (exact) mass is 354 g/mol. The summed E-state index contributed by atoms with van der Waals surface area (Å²) in [5, 5.41) is 0. The Hall–Kier alpha value is 0.150. The average Bonchev–Trinajstić information content (AvgIpc) is 2.56. The molecule has 0 aliphatic heterocycles. The molecule has 3 fully saturated rings. The number of hydrogen-bond donors (Lipinski definition) is 0. The zero-order valence-corrected chi connectivity index (χ0v) is 15.0. The molecule has 0 atom stereocenters. The number of halogens is 1. The van der Waals surface area contributed by atoms with Gasteiger partial charge in [0.15, 0.2) is 0 Å². The minimum absolute atomic E-state index is 0.428. The highest BCUT2D eigenvalue weighted by atomic mass is 79.9. The lowest BCUT2D eigenvalue weighted by Gasteiger charge is -2.37. The standard InChI is InChI=1S/C19H31BrO/c20-18-12-10-15(11-13-18)14-6-8-17(9-7-14)19(21)16-4-2-1-3-5-16/h14-18H,1-13H2. The number of ketones is 1. The molecule has 3 rings (SSSR count). The maximum absolute atomic E-state index is 12.7. The van der Waals surface area contributed by atoms with Crippen molar-refractivity contribution in [3.63, 3.8) is 0 Å². The van der Waals surface area contributed by atoms with E-state index in [0.29, 0.717) is 17.6 Å². The third-order valence-corrected chi connectivity index (χ3v) is 7.47. The fraction of sp³-hybridized carbons (Fsp3) is 0.947. The summed E-state index contributed by atoms with van der Waals surface area (Å²) in [7, 11) is 0. The number of rotatable bonds is 3. The van der Waals surface area contributed by atoms with Crippen LogP contribution in [0, 0.1) is 23.7 Å². The molecular weight excluding hydrogens is 324 g/mol. The third-order valence-electron chi connectivity index (χ3n) is 6.55. The minimum atomic E-state index is 0.428. The van der Waals surface area contributed by atoms with E-state index < -0.39 is 0 Å². The van der Waals surface area contributed by atoms with Gasteiger partial charge < -0.3 is 0 Å². The lowest BCUT2D eigenvalue weighted by atomic mass is 9.68. The van der Waals surface area contributed by atoms with Gasteiger partial charge in [-0.3, -0.25) is 4.79 Å². The Morgan fingerprint density at radius 1 is 0.619 bits per heavy atom. The van der Waals surface area contributed by atoms with Crippen molar-refractivity contribution in [2.45, 2.75) is 88.3 Å². The van der Waals surface area contributed by atoms with Gasteiger partial charge in [0, 0.05) is 16.7 Å². The van der Waals surface area contributed by atoms with Crippen LogP contribution in [0.1, 0.15) is 83.5 Å². The molecule has 0 radical (unpaired) electrons. The summed E-state index contributed by atoms with van der Waals surface area (Å²) in [6.45, 7) is 0. The van der Waals surface area contributed by atoms with Crippen molar-refractivity contribution < 1.29 is 4.79 Å². The molecule has 0 N–H and O–H groups in total. The predicted octanol–water partition coefficient (Wildman–Crippen LogP) is 5.90. The van der Waals surface area contributed by atoms with Crippen molar-refractivity contribution in [2.75, 3.05) is 0 Å². The Morgan fingerprint density at radius 3 is 1.67 bits per heavy atom. The highest BCUT2D eigenvalue weighted by molar-refractivity contribution is 9.09. The lowest BCUT2D eigenvalue weighted by Crippen LogP contribution is -2.31. The van der Waals surface area contributed by atoms with Gasteiger partial charge in [0.2, 0.25) is 0 Å². The average molecular weight is 355 g/mol. The smallest absolute Gasteiger partial charge is 0.139 e. The largest absolute Gasteiger partial charge is 0.299 e. The molecule has 0 unspecified atom stereocenters. The van der Waals surface area contributed by atoms with Gasteiger partial charge >= 0.3 is 0 Å². The summed E-state index contributed by atoms with van der Waals surface area (Å²) < 4.78 is 0. The molecule has 120 valence electrons. The van der Waals surface area contributed by atoms with Gasteiger partial charge in [0.25, 0.3) is 0 Å². The van der Waals surface area contributed by atoms with Crippen LogP contribution in [0.4, 0.5) is 0 Å². The summed E-state index contributed by atoms with van der Waals surface area (Å²) >= 11 is 3.77. The Balaban J connectivity index is 1.45. The van der Waals surface area contributed by atoms with E-state index in [1.807, 2.05) is 0 Å². The zero-order valence-electron chi connectivity index (χ0n) is 13.4. The van der Waals surface area contributed by atoms with Crippen LogP contribution in [0.5, 0.6) is 0 Å². The van der Waals surface area contributed by atoms with Gasteiger partial charge in [-0.05, 0) is 76.0 Å². The number of carbonyl (C=O) groups is 1.